The summed E-state index contributed by atoms with van der Waals surface area (Å²) < 4.78 is 0. The maximum Gasteiger partial charge on any atom is 0.128 e. The lowest BCUT2D eigenvalue weighted by Gasteiger charge is -1.94. The van der Waals surface area contributed by atoms with Gasteiger partial charge >= 0.3 is 0 Å². The predicted molar refractivity (Wildman–Crippen MR) is 46.0 cm³/mol. The van der Waals surface area contributed by atoms with Crippen LogP contribution in [0.25, 0.3) is 0 Å². The minimum absolute atomic E-state index is 0.363. The Hall–Kier alpha value is -0.760. The summed E-state index contributed by atoms with van der Waals surface area (Å²) in [6.07, 6.45) is 1.67. The Labute approximate surface area is 66.1 Å². The fraction of sp³-hybridized carbons (Fsp3) is 0.286. The van der Waals surface area contributed by atoms with Crippen LogP contribution in [0.3, 0.4) is 0 Å². The van der Waals surface area contributed by atoms with Crippen LogP contribution in [0.1, 0.15) is 13.8 Å². The zero-order valence-corrected chi connectivity index (χ0v) is 6.94. The second kappa shape index (κ2) is 4.12. The van der Waals surface area contributed by atoms with Crippen molar-refractivity contribution in [2.75, 3.05) is 0 Å². The Kier molecular flexibility index (Phi) is 3.81. The van der Waals surface area contributed by atoms with Gasteiger partial charge in [-0.25, -0.2) is 0 Å². The fourth-order valence-corrected chi connectivity index (χ4v) is 0.502. The average molecular weight is 159 g/mol. The van der Waals surface area contributed by atoms with Gasteiger partial charge in [0.1, 0.15) is 5.16 Å². The number of rotatable bonds is 2. The third kappa shape index (κ3) is 3.30. The SMILES string of the molecule is C=N/C(Cl)=C\C(C)=C(/C)N. The Morgan fingerprint density at radius 1 is 1.60 bits per heavy atom. The summed E-state index contributed by atoms with van der Waals surface area (Å²) in [7, 11) is 0. The van der Waals surface area contributed by atoms with E-state index in [1.54, 1.807) is 13.0 Å². The summed E-state index contributed by atoms with van der Waals surface area (Å²) in [5, 5.41) is 0.363. The molecule has 0 aromatic carbocycles. The summed E-state index contributed by atoms with van der Waals surface area (Å²) >= 11 is 5.55. The molecule has 0 aliphatic rings. The van der Waals surface area contributed by atoms with Gasteiger partial charge in [0.2, 0.25) is 0 Å². The highest BCUT2D eigenvalue weighted by Gasteiger charge is 1.89. The van der Waals surface area contributed by atoms with Gasteiger partial charge in [-0.1, -0.05) is 11.6 Å². The normalized spacial score (nSPS) is 14.5. The molecule has 0 bridgehead atoms. The van der Waals surface area contributed by atoms with Gasteiger partial charge in [0.15, 0.2) is 0 Å². The van der Waals surface area contributed by atoms with Gasteiger partial charge in [0.05, 0.1) is 0 Å². The largest absolute Gasteiger partial charge is 0.402 e. The van der Waals surface area contributed by atoms with Crippen LogP contribution in [0.4, 0.5) is 0 Å². The number of allylic oxidation sites excluding steroid dienone is 3. The van der Waals surface area contributed by atoms with Gasteiger partial charge < -0.3 is 5.73 Å². The fourth-order valence-electron chi connectivity index (χ4n) is 0.338. The van der Waals surface area contributed by atoms with E-state index in [4.69, 9.17) is 17.3 Å². The maximum atomic E-state index is 5.55. The molecule has 0 unspecified atom stereocenters. The summed E-state index contributed by atoms with van der Waals surface area (Å²) in [6.45, 7) is 6.93. The molecule has 0 spiro atoms. The molecular formula is C7H11ClN2. The molecule has 0 amide bonds. The van der Waals surface area contributed by atoms with E-state index in [1.807, 2.05) is 6.92 Å². The van der Waals surface area contributed by atoms with Crippen molar-refractivity contribution in [2.24, 2.45) is 10.7 Å². The molecule has 2 N–H and O–H groups in total. The van der Waals surface area contributed by atoms with Gasteiger partial charge in [0, 0.05) is 5.70 Å². The van der Waals surface area contributed by atoms with Gasteiger partial charge in [-0.3, -0.25) is 4.99 Å². The monoisotopic (exact) mass is 158 g/mol. The molecule has 0 aliphatic carbocycles. The minimum atomic E-state index is 0.363. The van der Waals surface area contributed by atoms with Crippen LogP contribution in [-0.2, 0) is 0 Å². The van der Waals surface area contributed by atoms with Crippen molar-refractivity contribution in [1.29, 1.82) is 0 Å². The van der Waals surface area contributed by atoms with Crippen molar-refractivity contribution in [3.8, 4) is 0 Å². The Morgan fingerprint density at radius 3 is 2.40 bits per heavy atom. The second-order valence-electron chi connectivity index (χ2n) is 1.99. The number of hydrogen-bond donors (Lipinski definition) is 1. The molecule has 0 aromatic rings. The summed E-state index contributed by atoms with van der Waals surface area (Å²) in [6, 6.07) is 0. The van der Waals surface area contributed by atoms with Crippen molar-refractivity contribution in [3.63, 3.8) is 0 Å². The van der Waals surface area contributed by atoms with Crippen molar-refractivity contribution in [3.05, 3.63) is 22.5 Å². The highest BCUT2D eigenvalue weighted by atomic mass is 35.5. The molecule has 0 aliphatic heterocycles. The Bertz CT molecular complexity index is 188. The van der Waals surface area contributed by atoms with Crippen molar-refractivity contribution < 1.29 is 0 Å². The van der Waals surface area contributed by atoms with E-state index in [0.29, 0.717) is 5.16 Å². The molecule has 0 saturated carbocycles. The van der Waals surface area contributed by atoms with Gasteiger partial charge in [-0.15, -0.1) is 0 Å². The number of hydrogen-bond acceptors (Lipinski definition) is 2. The standard InChI is InChI=1S/C7H11ClN2/c1-5(6(2)9)4-7(8)10-3/h4H,3,9H2,1-2H3/b6-5+,7-4-. The lowest BCUT2D eigenvalue weighted by Crippen LogP contribution is -1.93. The van der Waals surface area contributed by atoms with E-state index in [1.165, 1.54) is 0 Å². The first-order valence-corrected chi connectivity index (χ1v) is 3.22. The predicted octanol–water partition coefficient (Wildman–Crippen LogP) is 2.02. The van der Waals surface area contributed by atoms with Crippen LogP contribution in [0, 0.1) is 0 Å². The number of halogens is 1. The third-order valence-electron chi connectivity index (χ3n) is 1.11. The molecule has 0 heterocycles. The van der Waals surface area contributed by atoms with Crippen LogP contribution in [-0.4, -0.2) is 6.72 Å². The first kappa shape index (κ1) is 9.24. The van der Waals surface area contributed by atoms with E-state index in [0.717, 1.165) is 11.3 Å². The second-order valence-corrected chi connectivity index (χ2v) is 2.38. The van der Waals surface area contributed by atoms with E-state index < -0.39 is 0 Å². The molecule has 0 aromatic heterocycles. The van der Waals surface area contributed by atoms with Crippen LogP contribution in [0.2, 0.25) is 0 Å². The molecular weight excluding hydrogens is 148 g/mol. The molecule has 56 valence electrons. The van der Waals surface area contributed by atoms with Crippen LogP contribution in [0.5, 0.6) is 0 Å². The van der Waals surface area contributed by atoms with E-state index in [2.05, 4.69) is 11.7 Å². The van der Waals surface area contributed by atoms with E-state index in [-0.39, 0.29) is 0 Å². The molecule has 0 saturated heterocycles. The zero-order chi connectivity index (χ0) is 8.15. The number of nitrogens with zero attached hydrogens (tertiary/aromatic N) is 1. The summed E-state index contributed by atoms with van der Waals surface area (Å²) in [5.74, 6) is 0. The van der Waals surface area contributed by atoms with E-state index >= 15 is 0 Å². The van der Waals surface area contributed by atoms with Crippen molar-refractivity contribution in [1.82, 2.24) is 0 Å². The van der Waals surface area contributed by atoms with Gasteiger partial charge in [-0.2, -0.15) is 0 Å². The molecule has 0 atom stereocenters. The van der Waals surface area contributed by atoms with Crippen LogP contribution >= 0.6 is 11.6 Å². The van der Waals surface area contributed by atoms with Crippen molar-refractivity contribution in [2.45, 2.75) is 13.8 Å². The van der Waals surface area contributed by atoms with Gasteiger partial charge in [-0.05, 0) is 32.2 Å². The smallest absolute Gasteiger partial charge is 0.128 e. The summed E-state index contributed by atoms with van der Waals surface area (Å²) in [4.78, 5) is 3.50. The summed E-state index contributed by atoms with van der Waals surface area (Å²) in [5.41, 5.74) is 7.11. The molecule has 10 heavy (non-hydrogen) atoms. The quantitative estimate of drug-likeness (QED) is 0.373. The number of nitrogens with two attached hydrogens (primary N) is 1. The first-order chi connectivity index (χ1) is 4.57. The molecule has 0 rings (SSSR count). The van der Waals surface area contributed by atoms with Crippen molar-refractivity contribution >= 4 is 18.3 Å². The molecule has 3 heteroatoms. The highest BCUT2D eigenvalue weighted by molar-refractivity contribution is 6.29. The molecule has 0 radical (unpaired) electrons. The molecule has 2 nitrogen and oxygen atoms in total. The Morgan fingerprint density at radius 2 is 2.10 bits per heavy atom. The lowest BCUT2D eigenvalue weighted by atomic mass is 10.2. The van der Waals surface area contributed by atoms with Crippen LogP contribution < -0.4 is 5.73 Å². The minimum Gasteiger partial charge on any atom is -0.402 e. The van der Waals surface area contributed by atoms with Crippen LogP contribution in [0.15, 0.2) is 27.5 Å². The third-order valence-corrected chi connectivity index (χ3v) is 1.34. The number of aliphatic imine (C=N–C) groups is 1. The lowest BCUT2D eigenvalue weighted by molar-refractivity contribution is 1.23. The topological polar surface area (TPSA) is 38.4 Å². The maximum absolute atomic E-state index is 5.55. The zero-order valence-electron chi connectivity index (χ0n) is 6.19. The van der Waals surface area contributed by atoms with E-state index in [9.17, 15) is 0 Å². The molecule has 0 fully saturated rings. The highest BCUT2D eigenvalue weighted by Crippen LogP contribution is 2.08. The first-order valence-electron chi connectivity index (χ1n) is 2.84. The van der Waals surface area contributed by atoms with Gasteiger partial charge in [0.25, 0.3) is 0 Å². The Balaban J connectivity index is 4.42. The average Bonchev–Trinajstić information content (AvgIpc) is 1.87.